The van der Waals surface area contributed by atoms with Gasteiger partial charge < -0.3 is 20.5 Å². The summed E-state index contributed by atoms with van der Waals surface area (Å²) in [6.45, 7) is 5.15. The largest absolute Gasteiger partial charge is 0.389 e. The predicted octanol–water partition coefficient (Wildman–Crippen LogP) is 2.08. The highest BCUT2D eigenvalue weighted by Crippen LogP contribution is 2.28. The van der Waals surface area contributed by atoms with Gasteiger partial charge in [-0.15, -0.1) is 0 Å². The number of hydrogen-bond donors (Lipinski definition) is 3. The zero-order valence-electron chi connectivity index (χ0n) is 13.3. The summed E-state index contributed by atoms with van der Waals surface area (Å²) >= 11 is 0. The second-order valence-electron chi connectivity index (χ2n) is 6.07. The van der Waals surface area contributed by atoms with Crippen LogP contribution in [0.1, 0.15) is 38.3 Å². The van der Waals surface area contributed by atoms with E-state index in [-0.39, 0.29) is 11.9 Å². The first kappa shape index (κ1) is 16.9. The Balaban J connectivity index is 1.73. The van der Waals surface area contributed by atoms with E-state index in [1.54, 1.807) is 0 Å². The molecule has 1 aliphatic carbocycles. The summed E-state index contributed by atoms with van der Waals surface area (Å²) in [5.74, 6) is 0.636. The van der Waals surface area contributed by atoms with Crippen LogP contribution in [0.5, 0.6) is 0 Å². The molecule has 1 aromatic carbocycles. The van der Waals surface area contributed by atoms with Crippen LogP contribution in [0.15, 0.2) is 24.3 Å². The van der Waals surface area contributed by atoms with Crippen molar-refractivity contribution in [3.05, 3.63) is 29.8 Å². The molecule has 0 aliphatic heterocycles. The van der Waals surface area contributed by atoms with Crippen LogP contribution < -0.4 is 10.6 Å². The molecule has 0 heterocycles. The standard InChI is InChI=1S/C17H26N2O3/c1-12(15-4-3-5-16(8-15)19-13(2)20)18-9-17(21)11-22-10-14-6-7-14/h3-5,8,12,14,17-18,21H,6-7,9-11H2,1-2H3,(H,19,20). The summed E-state index contributed by atoms with van der Waals surface area (Å²) in [6, 6.07) is 7.80. The van der Waals surface area contributed by atoms with E-state index in [1.165, 1.54) is 19.8 Å². The van der Waals surface area contributed by atoms with Crippen molar-refractivity contribution < 1.29 is 14.6 Å². The zero-order chi connectivity index (χ0) is 15.9. The van der Waals surface area contributed by atoms with Crippen molar-refractivity contribution in [1.82, 2.24) is 5.32 Å². The Morgan fingerprint density at radius 1 is 1.45 bits per heavy atom. The molecular weight excluding hydrogens is 280 g/mol. The van der Waals surface area contributed by atoms with E-state index in [1.807, 2.05) is 31.2 Å². The normalized spacial score (nSPS) is 17.0. The van der Waals surface area contributed by atoms with Gasteiger partial charge in [-0.3, -0.25) is 4.79 Å². The Morgan fingerprint density at radius 3 is 2.91 bits per heavy atom. The van der Waals surface area contributed by atoms with Gasteiger partial charge in [0.1, 0.15) is 0 Å². The van der Waals surface area contributed by atoms with Crippen molar-refractivity contribution in [2.45, 2.75) is 38.8 Å². The van der Waals surface area contributed by atoms with Crippen LogP contribution in [-0.2, 0) is 9.53 Å². The number of anilines is 1. The van der Waals surface area contributed by atoms with Crippen LogP contribution in [0.3, 0.4) is 0 Å². The predicted molar refractivity (Wildman–Crippen MR) is 86.7 cm³/mol. The van der Waals surface area contributed by atoms with E-state index in [0.29, 0.717) is 13.2 Å². The minimum atomic E-state index is -0.500. The zero-order valence-corrected chi connectivity index (χ0v) is 13.3. The molecular formula is C17H26N2O3. The van der Waals surface area contributed by atoms with Crippen LogP contribution in [0.25, 0.3) is 0 Å². The number of rotatable bonds is 9. The third kappa shape index (κ3) is 6.13. The summed E-state index contributed by atoms with van der Waals surface area (Å²) in [7, 11) is 0. The van der Waals surface area contributed by atoms with Gasteiger partial charge in [0.25, 0.3) is 0 Å². The smallest absolute Gasteiger partial charge is 0.221 e. The first-order valence-electron chi connectivity index (χ1n) is 7.91. The molecule has 0 aromatic heterocycles. The van der Waals surface area contributed by atoms with Crippen molar-refractivity contribution in [2.75, 3.05) is 25.1 Å². The molecule has 0 spiro atoms. The van der Waals surface area contributed by atoms with Crippen molar-refractivity contribution in [2.24, 2.45) is 5.92 Å². The first-order chi connectivity index (χ1) is 10.5. The summed E-state index contributed by atoms with van der Waals surface area (Å²) in [5, 5.41) is 16.0. The third-order valence-electron chi connectivity index (χ3n) is 3.73. The monoisotopic (exact) mass is 306 g/mol. The number of carbonyl (C=O) groups is 1. The summed E-state index contributed by atoms with van der Waals surface area (Å²) in [4.78, 5) is 11.1. The minimum Gasteiger partial charge on any atom is -0.389 e. The molecule has 5 nitrogen and oxygen atoms in total. The fourth-order valence-corrected chi connectivity index (χ4v) is 2.23. The van der Waals surface area contributed by atoms with E-state index < -0.39 is 6.10 Å². The highest BCUT2D eigenvalue weighted by Gasteiger charge is 2.21. The average Bonchev–Trinajstić information content (AvgIpc) is 3.28. The Morgan fingerprint density at radius 2 is 2.23 bits per heavy atom. The van der Waals surface area contributed by atoms with E-state index in [2.05, 4.69) is 10.6 Å². The molecule has 1 aliphatic rings. The molecule has 1 aromatic rings. The van der Waals surface area contributed by atoms with E-state index in [9.17, 15) is 9.90 Å². The van der Waals surface area contributed by atoms with Gasteiger partial charge in [-0.2, -0.15) is 0 Å². The Kier molecular flexibility index (Phi) is 6.36. The molecule has 2 unspecified atom stereocenters. The van der Waals surface area contributed by atoms with Crippen LogP contribution in [0.4, 0.5) is 5.69 Å². The first-order valence-corrected chi connectivity index (χ1v) is 7.91. The maximum Gasteiger partial charge on any atom is 0.221 e. The highest BCUT2D eigenvalue weighted by molar-refractivity contribution is 5.88. The summed E-state index contributed by atoms with van der Waals surface area (Å²) in [6.07, 6.45) is 2.02. The number of aliphatic hydroxyl groups is 1. The van der Waals surface area contributed by atoms with E-state index in [4.69, 9.17) is 4.74 Å². The molecule has 1 saturated carbocycles. The second-order valence-corrected chi connectivity index (χ2v) is 6.07. The number of carbonyl (C=O) groups excluding carboxylic acids is 1. The topological polar surface area (TPSA) is 70.6 Å². The molecule has 1 amide bonds. The van der Waals surface area contributed by atoms with Gasteiger partial charge in [-0.05, 0) is 43.4 Å². The molecule has 22 heavy (non-hydrogen) atoms. The number of hydrogen-bond acceptors (Lipinski definition) is 4. The summed E-state index contributed by atoms with van der Waals surface area (Å²) in [5.41, 5.74) is 1.85. The molecule has 1 fully saturated rings. The molecule has 3 N–H and O–H groups in total. The Labute approximate surface area is 132 Å². The van der Waals surface area contributed by atoms with Crippen molar-refractivity contribution >= 4 is 11.6 Å². The quantitative estimate of drug-likeness (QED) is 0.653. The van der Waals surface area contributed by atoms with Gasteiger partial charge in [0.2, 0.25) is 5.91 Å². The highest BCUT2D eigenvalue weighted by atomic mass is 16.5. The molecule has 2 atom stereocenters. The van der Waals surface area contributed by atoms with Crippen LogP contribution in [0.2, 0.25) is 0 Å². The second kappa shape index (κ2) is 8.27. The van der Waals surface area contributed by atoms with Crippen molar-refractivity contribution in [3.8, 4) is 0 Å². The van der Waals surface area contributed by atoms with Gasteiger partial charge in [0.05, 0.1) is 12.7 Å². The van der Waals surface area contributed by atoms with Crippen LogP contribution in [0, 0.1) is 5.92 Å². The fourth-order valence-electron chi connectivity index (χ4n) is 2.23. The van der Waals surface area contributed by atoms with Gasteiger partial charge in [-0.25, -0.2) is 0 Å². The van der Waals surface area contributed by atoms with Gasteiger partial charge in [0.15, 0.2) is 0 Å². The molecule has 0 radical (unpaired) electrons. The van der Waals surface area contributed by atoms with E-state index >= 15 is 0 Å². The number of aliphatic hydroxyl groups excluding tert-OH is 1. The van der Waals surface area contributed by atoms with Crippen LogP contribution >= 0.6 is 0 Å². The lowest BCUT2D eigenvalue weighted by molar-refractivity contribution is -0.114. The number of amides is 1. The van der Waals surface area contributed by atoms with Crippen molar-refractivity contribution in [1.29, 1.82) is 0 Å². The molecule has 0 bridgehead atoms. The lowest BCUT2D eigenvalue weighted by Crippen LogP contribution is -2.32. The number of nitrogens with one attached hydrogen (secondary N) is 2. The number of benzene rings is 1. The van der Waals surface area contributed by atoms with E-state index in [0.717, 1.165) is 23.8 Å². The SMILES string of the molecule is CC(=O)Nc1cccc(C(C)NCC(O)COCC2CC2)c1. The average molecular weight is 306 g/mol. The maximum absolute atomic E-state index is 11.1. The minimum absolute atomic E-state index is 0.0824. The molecule has 0 saturated heterocycles. The Hall–Kier alpha value is -1.43. The molecule has 122 valence electrons. The maximum atomic E-state index is 11.1. The summed E-state index contributed by atoms with van der Waals surface area (Å²) < 4.78 is 5.48. The van der Waals surface area contributed by atoms with Gasteiger partial charge >= 0.3 is 0 Å². The lowest BCUT2D eigenvalue weighted by Gasteiger charge is -2.18. The molecule has 5 heteroatoms. The van der Waals surface area contributed by atoms with Gasteiger partial charge in [-0.1, -0.05) is 12.1 Å². The van der Waals surface area contributed by atoms with Crippen molar-refractivity contribution in [3.63, 3.8) is 0 Å². The molecule has 2 rings (SSSR count). The fraction of sp³-hybridized carbons (Fsp3) is 0.588. The lowest BCUT2D eigenvalue weighted by atomic mass is 10.1. The Bertz CT molecular complexity index is 489. The van der Waals surface area contributed by atoms with Crippen LogP contribution in [-0.4, -0.2) is 36.9 Å². The number of ether oxygens (including phenoxy) is 1. The third-order valence-corrected chi connectivity index (χ3v) is 3.73. The van der Waals surface area contributed by atoms with Gasteiger partial charge in [0, 0.05) is 31.8 Å².